The van der Waals surface area contributed by atoms with Gasteiger partial charge in [-0.05, 0) is 24.8 Å². The number of carbonyl (C=O) groups excluding carboxylic acids is 1. The Morgan fingerprint density at radius 2 is 1.83 bits per heavy atom. The summed E-state index contributed by atoms with van der Waals surface area (Å²) in [7, 11) is 0. The van der Waals surface area contributed by atoms with E-state index in [2.05, 4.69) is 10.6 Å². The number of thioether (sulfide) groups is 1. The number of para-hydroxylation sites is 1. The highest BCUT2D eigenvalue weighted by Gasteiger charge is 2.14. The Morgan fingerprint density at radius 1 is 1.12 bits per heavy atom. The van der Waals surface area contributed by atoms with E-state index in [-0.39, 0.29) is 12.1 Å². The molecule has 4 nitrogen and oxygen atoms in total. The molecule has 0 unspecified atom stereocenters. The second-order valence-corrected chi connectivity index (χ2v) is 6.22. The normalized spacial score (nSPS) is 11.8. The molecule has 0 aliphatic rings. The van der Waals surface area contributed by atoms with Crippen molar-refractivity contribution in [1.82, 2.24) is 5.32 Å². The van der Waals surface area contributed by atoms with Crippen molar-refractivity contribution in [2.75, 3.05) is 23.9 Å². The Kier molecular flexibility index (Phi) is 7.65. The standard InChI is InChI=1S/C19H24N2O2S/c1-3-23-13-16-11-7-8-12-17(16)20-19(22)21-18(14-24-2)15-9-5-4-6-10-15/h4-12,18H,3,13-14H2,1-2H3,(H2,20,21,22)/t18-/m1/s1. The first-order valence-electron chi connectivity index (χ1n) is 8.01. The molecule has 0 radical (unpaired) electrons. The Balaban J connectivity index is 2.03. The molecule has 0 aromatic heterocycles. The number of hydrogen-bond acceptors (Lipinski definition) is 3. The number of urea groups is 1. The first kappa shape index (κ1) is 18.4. The zero-order valence-corrected chi connectivity index (χ0v) is 14.9. The molecule has 0 spiro atoms. The summed E-state index contributed by atoms with van der Waals surface area (Å²) >= 11 is 1.70. The fraction of sp³-hybridized carbons (Fsp3) is 0.316. The maximum atomic E-state index is 12.4. The summed E-state index contributed by atoms with van der Waals surface area (Å²) in [5.41, 5.74) is 2.85. The van der Waals surface area contributed by atoms with Gasteiger partial charge in [-0.3, -0.25) is 0 Å². The van der Waals surface area contributed by atoms with Crippen LogP contribution in [-0.4, -0.2) is 24.6 Å². The van der Waals surface area contributed by atoms with Crippen LogP contribution in [0.5, 0.6) is 0 Å². The molecule has 1 atom stereocenters. The number of hydrogen-bond donors (Lipinski definition) is 2. The molecular formula is C19H24N2O2S. The minimum Gasteiger partial charge on any atom is -0.377 e. The van der Waals surface area contributed by atoms with E-state index >= 15 is 0 Å². The number of ether oxygens (including phenoxy) is 1. The number of rotatable bonds is 8. The van der Waals surface area contributed by atoms with Gasteiger partial charge in [0.1, 0.15) is 0 Å². The number of amides is 2. The summed E-state index contributed by atoms with van der Waals surface area (Å²) in [4.78, 5) is 12.4. The molecule has 0 bridgehead atoms. The van der Waals surface area contributed by atoms with Gasteiger partial charge in [0.15, 0.2) is 0 Å². The van der Waals surface area contributed by atoms with E-state index in [0.717, 1.165) is 22.6 Å². The third-order valence-corrected chi connectivity index (χ3v) is 4.23. The average Bonchev–Trinajstić information content (AvgIpc) is 2.61. The number of benzene rings is 2. The van der Waals surface area contributed by atoms with E-state index in [0.29, 0.717) is 13.2 Å². The topological polar surface area (TPSA) is 50.4 Å². The SMILES string of the molecule is CCOCc1ccccc1NC(=O)N[C@H](CSC)c1ccccc1. The maximum absolute atomic E-state index is 12.4. The smallest absolute Gasteiger partial charge is 0.319 e. The number of carbonyl (C=O) groups is 1. The van der Waals surface area contributed by atoms with Crippen LogP contribution in [0.4, 0.5) is 10.5 Å². The number of anilines is 1. The highest BCUT2D eigenvalue weighted by Crippen LogP contribution is 2.19. The molecule has 2 aromatic carbocycles. The third kappa shape index (κ3) is 5.58. The van der Waals surface area contributed by atoms with Crippen LogP contribution in [0, 0.1) is 0 Å². The van der Waals surface area contributed by atoms with Gasteiger partial charge in [-0.25, -0.2) is 4.79 Å². The average molecular weight is 344 g/mol. The zero-order valence-electron chi connectivity index (χ0n) is 14.1. The van der Waals surface area contributed by atoms with Crippen molar-refractivity contribution in [3.63, 3.8) is 0 Å². The second-order valence-electron chi connectivity index (χ2n) is 5.31. The minimum absolute atomic E-state index is 0.0275. The van der Waals surface area contributed by atoms with Gasteiger partial charge >= 0.3 is 6.03 Å². The van der Waals surface area contributed by atoms with Crippen LogP contribution in [-0.2, 0) is 11.3 Å². The molecule has 0 saturated heterocycles. The van der Waals surface area contributed by atoms with Crippen molar-refractivity contribution in [3.8, 4) is 0 Å². The zero-order chi connectivity index (χ0) is 17.2. The molecule has 0 fully saturated rings. The van der Waals surface area contributed by atoms with Crippen LogP contribution >= 0.6 is 11.8 Å². The summed E-state index contributed by atoms with van der Waals surface area (Å²) < 4.78 is 5.46. The summed E-state index contributed by atoms with van der Waals surface area (Å²) in [6, 6.07) is 17.5. The lowest BCUT2D eigenvalue weighted by atomic mass is 10.1. The minimum atomic E-state index is -0.207. The predicted octanol–water partition coefficient (Wildman–Crippen LogP) is 4.45. The van der Waals surface area contributed by atoms with Crippen molar-refractivity contribution in [1.29, 1.82) is 0 Å². The molecule has 0 aliphatic carbocycles. The van der Waals surface area contributed by atoms with E-state index in [4.69, 9.17) is 4.74 Å². The molecule has 24 heavy (non-hydrogen) atoms. The fourth-order valence-corrected chi connectivity index (χ4v) is 2.98. The van der Waals surface area contributed by atoms with E-state index in [1.54, 1.807) is 11.8 Å². The van der Waals surface area contributed by atoms with Crippen molar-refractivity contribution in [2.45, 2.75) is 19.6 Å². The van der Waals surface area contributed by atoms with Crippen LogP contribution in [0.25, 0.3) is 0 Å². The lowest BCUT2D eigenvalue weighted by molar-refractivity contribution is 0.134. The molecule has 5 heteroatoms. The lowest BCUT2D eigenvalue weighted by Crippen LogP contribution is -2.34. The molecular weight excluding hydrogens is 320 g/mol. The van der Waals surface area contributed by atoms with Gasteiger partial charge in [0.25, 0.3) is 0 Å². The Hall–Kier alpha value is -1.98. The highest BCUT2D eigenvalue weighted by atomic mass is 32.2. The van der Waals surface area contributed by atoms with Crippen molar-refractivity contribution in [3.05, 3.63) is 65.7 Å². The first-order valence-corrected chi connectivity index (χ1v) is 9.41. The summed E-state index contributed by atoms with van der Waals surface area (Å²) in [5.74, 6) is 0.817. The van der Waals surface area contributed by atoms with Gasteiger partial charge in [0.2, 0.25) is 0 Å². The first-order chi connectivity index (χ1) is 11.7. The quantitative estimate of drug-likeness (QED) is 0.744. The Bertz CT molecular complexity index is 634. The van der Waals surface area contributed by atoms with Crippen molar-refractivity contribution < 1.29 is 9.53 Å². The van der Waals surface area contributed by atoms with Crippen LogP contribution in [0.2, 0.25) is 0 Å². The molecule has 2 aromatic rings. The number of nitrogens with one attached hydrogen (secondary N) is 2. The van der Waals surface area contributed by atoms with E-state index < -0.39 is 0 Å². The van der Waals surface area contributed by atoms with Gasteiger partial charge in [-0.2, -0.15) is 11.8 Å². The summed E-state index contributed by atoms with van der Waals surface area (Å²) in [6.07, 6.45) is 2.03. The molecule has 2 rings (SSSR count). The largest absolute Gasteiger partial charge is 0.377 e. The van der Waals surface area contributed by atoms with Gasteiger partial charge in [0.05, 0.1) is 12.6 Å². The van der Waals surface area contributed by atoms with Crippen LogP contribution < -0.4 is 10.6 Å². The molecule has 0 aliphatic heterocycles. The van der Waals surface area contributed by atoms with Crippen molar-refractivity contribution >= 4 is 23.5 Å². The van der Waals surface area contributed by atoms with Crippen LogP contribution in [0.15, 0.2) is 54.6 Å². The van der Waals surface area contributed by atoms with E-state index in [1.165, 1.54) is 0 Å². The van der Waals surface area contributed by atoms with Crippen molar-refractivity contribution in [2.24, 2.45) is 0 Å². The van der Waals surface area contributed by atoms with Gasteiger partial charge < -0.3 is 15.4 Å². The summed E-state index contributed by atoms with van der Waals surface area (Å²) in [6.45, 7) is 3.08. The van der Waals surface area contributed by atoms with E-state index in [1.807, 2.05) is 67.8 Å². The fourth-order valence-electron chi connectivity index (χ4n) is 2.37. The van der Waals surface area contributed by atoms with Crippen LogP contribution in [0.3, 0.4) is 0 Å². The van der Waals surface area contributed by atoms with Gasteiger partial charge in [0, 0.05) is 23.6 Å². The Labute approximate surface area is 148 Å². The monoisotopic (exact) mass is 344 g/mol. The lowest BCUT2D eigenvalue weighted by Gasteiger charge is -2.19. The Morgan fingerprint density at radius 3 is 2.54 bits per heavy atom. The predicted molar refractivity (Wildman–Crippen MR) is 101 cm³/mol. The van der Waals surface area contributed by atoms with E-state index in [9.17, 15) is 4.79 Å². The van der Waals surface area contributed by atoms with Crippen LogP contribution in [0.1, 0.15) is 24.1 Å². The molecule has 2 amide bonds. The summed E-state index contributed by atoms with van der Waals surface area (Å²) in [5, 5.41) is 5.99. The van der Waals surface area contributed by atoms with Gasteiger partial charge in [-0.15, -0.1) is 0 Å². The van der Waals surface area contributed by atoms with Gasteiger partial charge in [-0.1, -0.05) is 48.5 Å². The molecule has 0 heterocycles. The molecule has 128 valence electrons. The second kappa shape index (κ2) is 10.0. The third-order valence-electron chi connectivity index (χ3n) is 3.57. The highest BCUT2D eigenvalue weighted by molar-refractivity contribution is 7.98. The maximum Gasteiger partial charge on any atom is 0.319 e. The molecule has 0 saturated carbocycles. The molecule has 2 N–H and O–H groups in total.